The van der Waals surface area contributed by atoms with Crippen LogP contribution in [0.15, 0.2) is 57.8 Å². The highest BCUT2D eigenvalue weighted by molar-refractivity contribution is 7.91. The molecular formula is C20H21N3O6S. The van der Waals surface area contributed by atoms with Crippen LogP contribution in [0.5, 0.6) is 11.5 Å². The van der Waals surface area contributed by atoms with Crippen LogP contribution in [0, 0.1) is 0 Å². The van der Waals surface area contributed by atoms with E-state index in [0.29, 0.717) is 17.1 Å². The molecule has 0 aliphatic carbocycles. The summed E-state index contributed by atoms with van der Waals surface area (Å²) in [5, 5.41) is 10.2. The molecule has 1 aromatic heterocycles. The van der Waals surface area contributed by atoms with Gasteiger partial charge in [0.1, 0.15) is 11.5 Å². The molecule has 1 N–H and O–H groups in total. The van der Waals surface area contributed by atoms with E-state index in [2.05, 4.69) is 15.5 Å². The van der Waals surface area contributed by atoms with E-state index in [1.54, 1.807) is 43.5 Å². The molecule has 0 spiro atoms. The van der Waals surface area contributed by atoms with Gasteiger partial charge >= 0.3 is 6.01 Å². The van der Waals surface area contributed by atoms with Crippen LogP contribution in [-0.2, 0) is 14.6 Å². The molecular weight excluding hydrogens is 410 g/mol. The summed E-state index contributed by atoms with van der Waals surface area (Å²) in [6, 6.07) is 13.1. The van der Waals surface area contributed by atoms with Crippen LogP contribution in [0.4, 0.5) is 6.01 Å². The second kappa shape index (κ2) is 9.40. The third-order valence-corrected chi connectivity index (χ3v) is 6.06. The molecule has 30 heavy (non-hydrogen) atoms. The van der Waals surface area contributed by atoms with Crippen molar-refractivity contribution in [2.45, 2.75) is 17.7 Å². The summed E-state index contributed by atoms with van der Waals surface area (Å²) in [4.78, 5) is 12.3. The van der Waals surface area contributed by atoms with Gasteiger partial charge in [-0.2, -0.15) is 0 Å². The van der Waals surface area contributed by atoms with Gasteiger partial charge in [-0.3, -0.25) is 10.1 Å². The van der Waals surface area contributed by atoms with Gasteiger partial charge in [0.25, 0.3) is 0 Å². The first-order valence-electron chi connectivity index (χ1n) is 9.06. The lowest BCUT2D eigenvalue weighted by molar-refractivity contribution is -0.116. The number of rotatable bonds is 9. The smallest absolute Gasteiger partial charge is 0.322 e. The van der Waals surface area contributed by atoms with E-state index in [4.69, 9.17) is 13.9 Å². The van der Waals surface area contributed by atoms with Gasteiger partial charge in [0.2, 0.25) is 11.8 Å². The molecule has 3 rings (SSSR count). The van der Waals surface area contributed by atoms with Crippen molar-refractivity contribution in [1.29, 1.82) is 0 Å². The van der Waals surface area contributed by atoms with Gasteiger partial charge in [0, 0.05) is 12.0 Å². The number of ether oxygens (including phenoxy) is 2. The molecule has 0 saturated carbocycles. The molecule has 3 aromatic rings. The maximum absolute atomic E-state index is 12.4. The molecule has 0 unspecified atom stereocenters. The third kappa shape index (κ3) is 5.35. The fourth-order valence-corrected chi connectivity index (χ4v) is 3.94. The molecule has 158 valence electrons. The molecule has 0 aliphatic rings. The first kappa shape index (κ1) is 21.3. The monoisotopic (exact) mass is 431 g/mol. The van der Waals surface area contributed by atoms with E-state index < -0.39 is 15.7 Å². The number of hydrogen-bond donors (Lipinski definition) is 1. The van der Waals surface area contributed by atoms with Crippen molar-refractivity contribution in [3.63, 3.8) is 0 Å². The van der Waals surface area contributed by atoms with Crippen LogP contribution in [0.25, 0.3) is 11.5 Å². The number of aromatic nitrogens is 2. The van der Waals surface area contributed by atoms with E-state index in [1.807, 2.05) is 0 Å². The predicted molar refractivity (Wildman–Crippen MR) is 109 cm³/mol. The van der Waals surface area contributed by atoms with E-state index in [0.717, 1.165) is 0 Å². The summed E-state index contributed by atoms with van der Waals surface area (Å²) in [7, 11) is -0.416. The summed E-state index contributed by atoms with van der Waals surface area (Å²) in [6.45, 7) is 0. The van der Waals surface area contributed by atoms with E-state index in [9.17, 15) is 13.2 Å². The van der Waals surface area contributed by atoms with Crippen molar-refractivity contribution in [2.75, 3.05) is 25.3 Å². The van der Waals surface area contributed by atoms with Crippen LogP contribution in [0.3, 0.4) is 0 Å². The second-order valence-electron chi connectivity index (χ2n) is 6.29. The number of amides is 1. The number of carbonyl (C=O) groups is 1. The highest BCUT2D eigenvalue weighted by Crippen LogP contribution is 2.23. The van der Waals surface area contributed by atoms with Gasteiger partial charge in [0.05, 0.1) is 24.9 Å². The third-order valence-electron chi connectivity index (χ3n) is 4.24. The molecule has 10 heteroatoms. The van der Waals surface area contributed by atoms with Crippen LogP contribution in [-0.4, -0.2) is 44.5 Å². The zero-order chi connectivity index (χ0) is 21.6. The van der Waals surface area contributed by atoms with Gasteiger partial charge in [-0.15, -0.1) is 5.10 Å². The van der Waals surface area contributed by atoms with Crippen LogP contribution >= 0.6 is 0 Å². The van der Waals surface area contributed by atoms with Crippen molar-refractivity contribution in [1.82, 2.24) is 10.2 Å². The highest BCUT2D eigenvalue weighted by Gasteiger charge is 2.16. The SMILES string of the molecule is COc1ccc(-c2nnc(NC(=O)CCCS(=O)(=O)c3ccc(OC)cc3)o2)cc1. The van der Waals surface area contributed by atoms with Gasteiger partial charge in [-0.1, -0.05) is 5.10 Å². The first-order chi connectivity index (χ1) is 14.4. The number of anilines is 1. The largest absolute Gasteiger partial charge is 0.497 e. The van der Waals surface area contributed by atoms with Crippen LogP contribution in [0.1, 0.15) is 12.8 Å². The van der Waals surface area contributed by atoms with Crippen molar-refractivity contribution in [3.8, 4) is 23.0 Å². The zero-order valence-corrected chi connectivity index (χ0v) is 17.3. The molecule has 0 bridgehead atoms. The van der Waals surface area contributed by atoms with Crippen molar-refractivity contribution in [2.24, 2.45) is 0 Å². The summed E-state index contributed by atoms with van der Waals surface area (Å²) in [5.41, 5.74) is 0.675. The minimum absolute atomic E-state index is 0.00433. The molecule has 0 radical (unpaired) electrons. The molecule has 0 atom stereocenters. The Bertz CT molecular complexity index is 1090. The normalized spacial score (nSPS) is 11.1. The molecule has 0 fully saturated rings. The lowest BCUT2D eigenvalue weighted by Gasteiger charge is -2.05. The number of nitrogens with one attached hydrogen (secondary N) is 1. The molecule has 2 aromatic carbocycles. The Hall–Kier alpha value is -3.40. The van der Waals surface area contributed by atoms with E-state index in [1.165, 1.54) is 19.2 Å². The highest BCUT2D eigenvalue weighted by atomic mass is 32.2. The fourth-order valence-electron chi connectivity index (χ4n) is 2.63. The molecule has 0 saturated heterocycles. The lowest BCUT2D eigenvalue weighted by atomic mass is 10.2. The number of methoxy groups -OCH3 is 2. The predicted octanol–water partition coefficient (Wildman–Crippen LogP) is 2.95. The minimum atomic E-state index is -3.49. The Morgan fingerprint density at radius 1 is 0.967 bits per heavy atom. The topological polar surface area (TPSA) is 121 Å². The Kier molecular flexibility index (Phi) is 6.68. The second-order valence-corrected chi connectivity index (χ2v) is 8.40. The summed E-state index contributed by atoms with van der Waals surface area (Å²) in [5.74, 6) is 0.936. The van der Waals surface area contributed by atoms with E-state index >= 15 is 0 Å². The number of hydrogen-bond acceptors (Lipinski definition) is 8. The summed E-state index contributed by atoms with van der Waals surface area (Å²) >= 11 is 0. The van der Waals surface area contributed by atoms with Gasteiger partial charge in [-0.05, 0) is 55.0 Å². The van der Waals surface area contributed by atoms with Gasteiger partial charge in [0.15, 0.2) is 9.84 Å². The molecule has 9 nitrogen and oxygen atoms in total. The van der Waals surface area contributed by atoms with Crippen LogP contribution in [0.2, 0.25) is 0 Å². The molecule has 1 heterocycles. The number of nitrogens with zero attached hydrogens (tertiary/aromatic N) is 2. The van der Waals surface area contributed by atoms with E-state index in [-0.39, 0.29) is 35.4 Å². The van der Waals surface area contributed by atoms with Crippen molar-refractivity contribution in [3.05, 3.63) is 48.5 Å². The van der Waals surface area contributed by atoms with Crippen molar-refractivity contribution >= 4 is 21.8 Å². The average Bonchev–Trinajstić information content (AvgIpc) is 3.22. The first-order valence-corrected chi connectivity index (χ1v) is 10.7. The summed E-state index contributed by atoms with van der Waals surface area (Å²) in [6.07, 6.45) is 0.148. The Labute approximate surface area is 174 Å². The molecule has 0 aliphatic heterocycles. The number of benzene rings is 2. The van der Waals surface area contributed by atoms with Gasteiger partial charge < -0.3 is 13.9 Å². The Balaban J connectivity index is 1.51. The Morgan fingerprint density at radius 3 is 2.17 bits per heavy atom. The molecule has 1 amide bonds. The van der Waals surface area contributed by atoms with Crippen LogP contribution < -0.4 is 14.8 Å². The standard InChI is InChI=1S/C20H21N3O6S/c1-27-15-7-5-14(6-8-15)19-22-23-20(29-19)21-18(24)4-3-13-30(25,26)17-11-9-16(28-2)10-12-17/h5-12H,3-4,13H2,1-2H3,(H,21,23,24). The maximum atomic E-state index is 12.4. The fraction of sp³-hybridized carbons (Fsp3) is 0.250. The maximum Gasteiger partial charge on any atom is 0.322 e. The lowest BCUT2D eigenvalue weighted by Crippen LogP contribution is -2.14. The average molecular weight is 431 g/mol. The number of sulfone groups is 1. The van der Waals surface area contributed by atoms with Crippen molar-refractivity contribution < 1.29 is 27.1 Å². The quantitative estimate of drug-likeness (QED) is 0.549. The number of carbonyl (C=O) groups excluding carboxylic acids is 1. The zero-order valence-electron chi connectivity index (χ0n) is 16.5. The Morgan fingerprint density at radius 2 is 1.57 bits per heavy atom. The minimum Gasteiger partial charge on any atom is -0.497 e. The van der Waals surface area contributed by atoms with Gasteiger partial charge in [-0.25, -0.2) is 8.42 Å². The summed E-state index contributed by atoms with van der Waals surface area (Å²) < 4.78 is 40.2.